The average molecular weight is 280 g/mol. The summed E-state index contributed by atoms with van der Waals surface area (Å²) in [6, 6.07) is 16.7. The Morgan fingerprint density at radius 2 is 2.00 bits per heavy atom. The minimum atomic E-state index is -0.258. The van der Waals surface area contributed by atoms with Crippen LogP contribution in [0.4, 0.5) is 0 Å². The molecule has 1 aliphatic rings. The highest BCUT2D eigenvalue weighted by Gasteiger charge is 2.21. The number of ether oxygens (including phenoxy) is 1. The smallest absolute Gasteiger partial charge is 0.308 e. The molecule has 0 radical (unpaired) electrons. The number of hydrogen-bond donors (Lipinski definition) is 0. The summed E-state index contributed by atoms with van der Waals surface area (Å²) >= 11 is 0. The van der Waals surface area contributed by atoms with Gasteiger partial charge in [0.1, 0.15) is 5.75 Å². The zero-order valence-electron chi connectivity index (χ0n) is 12.3. The largest absolute Gasteiger partial charge is 0.427 e. The van der Waals surface area contributed by atoms with E-state index in [1.54, 1.807) is 0 Å². The van der Waals surface area contributed by atoms with Crippen molar-refractivity contribution < 1.29 is 9.53 Å². The third-order valence-corrected chi connectivity index (χ3v) is 4.14. The number of rotatable bonds is 3. The van der Waals surface area contributed by atoms with Gasteiger partial charge >= 0.3 is 5.97 Å². The van der Waals surface area contributed by atoms with Gasteiger partial charge in [0.05, 0.1) is 0 Å². The van der Waals surface area contributed by atoms with Crippen molar-refractivity contribution in [2.45, 2.75) is 38.5 Å². The van der Waals surface area contributed by atoms with E-state index in [2.05, 4.69) is 36.4 Å². The summed E-state index contributed by atoms with van der Waals surface area (Å²) in [4.78, 5) is 11.1. The van der Waals surface area contributed by atoms with Crippen molar-refractivity contribution in [3.05, 3.63) is 65.2 Å². The monoisotopic (exact) mass is 280 g/mol. The number of fused-ring (bicyclic) bond motifs is 1. The summed E-state index contributed by atoms with van der Waals surface area (Å²) in [6.45, 7) is 1.44. The number of esters is 1. The highest BCUT2D eigenvalue weighted by molar-refractivity contribution is 5.69. The molecule has 0 fully saturated rings. The van der Waals surface area contributed by atoms with E-state index in [0.717, 1.165) is 12.8 Å². The number of carbonyl (C=O) groups excluding carboxylic acids is 1. The standard InChI is InChI=1S/C19H20O2/c1-14(20)21-18-10-11-19-16(8-5-9-17(19)13-18)12-15-6-3-2-4-7-15/h2-4,6-7,10-11,13,16H,5,8-9,12H2,1H3/t16-/m1/s1. The molecule has 2 aromatic carbocycles. The highest BCUT2D eigenvalue weighted by atomic mass is 16.5. The third kappa shape index (κ3) is 3.33. The first-order valence-corrected chi connectivity index (χ1v) is 7.57. The van der Waals surface area contributed by atoms with Gasteiger partial charge in [-0.2, -0.15) is 0 Å². The Balaban J connectivity index is 1.83. The van der Waals surface area contributed by atoms with Crippen LogP contribution in [-0.2, 0) is 17.6 Å². The summed E-state index contributed by atoms with van der Waals surface area (Å²) < 4.78 is 5.19. The van der Waals surface area contributed by atoms with Crippen molar-refractivity contribution in [3.63, 3.8) is 0 Å². The lowest BCUT2D eigenvalue weighted by Crippen LogP contribution is -2.13. The summed E-state index contributed by atoms with van der Waals surface area (Å²) in [5.41, 5.74) is 4.14. The second-order valence-electron chi connectivity index (χ2n) is 5.73. The molecule has 0 bridgehead atoms. The van der Waals surface area contributed by atoms with Crippen molar-refractivity contribution >= 4 is 5.97 Å². The normalized spacial score (nSPS) is 17.1. The fraction of sp³-hybridized carbons (Fsp3) is 0.316. The number of carbonyl (C=O) groups is 1. The molecule has 0 spiro atoms. The molecule has 0 unspecified atom stereocenters. The average Bonchev–Trinajstić information content (AvgIpc) is 2.48. The van der Waals surface area contributed by atoms with E-state index in [0.29, 0.717) is 11.7 Å². The van der Waals surface area contributed by atoms with Gasteiger partial charge in [-0.05, 0) is 60.4 Å². The fourth-order valence-electron chi connectivity index (χ4n) is 3.23. The Morgan fingerprint density at radius 3 is 2.76 bits per heavy atom. The van der Waals surface area contributed by atoms with E-state index in [1.807, 2.05) is 12.1 Å². The molecular formula is C19H20O2. The van der Waals surface area contributed by atoms with Crippen LogP contribution in [-0.4, -0.2) is 5.97 Å². The molecule has 2 nitrogen and oxygen atoms in total. The van der Waals surface area contributed by atoms with Gasteiger partial charge in [-0.15, -0.1) is 0 Å². The van der Waals surface area contributed by atoms with Crippen molar-refractivity contribution in [2.24, 2.45) is 0 Å². The number of benzene rings is 2. The van der Waals surface area contributed by atoms with Crippen LogP contribution in [0.25, 0.3) is 0 Å². The van der Waals surface area contributed by atoms with Crippen LogP contribution in [0.15, 0.2) is 48.5 Å². The molecule has 0 amide bonds. The molecule has 0 saturated heterocycles. The van der Waals surface area contributed by atoms with Crippen molar-refractivity contribution in [2.75, 3.05) is 0 Å². The van der Waals surface area contributed by atoms with E-state index < -0.39 is 0 Å². The topological polar surface area (TPSA) is 26.3 Å². The summed E-state index contributed by atoms with van der Waals surface area (Å²) in [5.74, 6) is 0.982. The van der Waals surface area contributed by atoms with Gasteiger partial charge in [0.2, 0.25) is 0 Å². The molecule has 2 aromatic rings. The lowest BCUT2D eigenvalue weighted by Gasteiger charge is -2.26. The van der Waals surface area contributed by atoms with Crippen LogP contribution in [0.3, 0.4) is 0 Å². The molecule has 0 aliphatic heterocycles. The number of hydrogen-bond acceptors (Lipinski definition) is 2. The lowest BCUT2D eigenvalue weighted by molar-refractivity contribution is -0.131. The summed E-state index contributed by atoms with van der Waals surface area (Å²) in [7, 11) is 0. The SMILES string of the molecule is CC(=O)Oc1ccc2c(c1)CCC[C@@H]2Cc1ccccc1. The van der Waals surface area contributed by atoms with Gasteiger partial charge in [-0.1, -0.05) is 36.4 Å². The van der Waals surface area contributed by atoms with E-state index in [9.17, 15) is 4.79 Å². The lowest BCUT2D eigenvalue weighted by atomic mass is 9.79. The third-order valence-electron chi connectivity index (χ3n) is 4.14. The van der Waals surface area contributed by atoms with Gasteiger partial charge in [-0.25, -0.2) is 0 Å². The van der Waals surface area contributed by atoms with Gasteiger partial charge in [0.15, 0.2) is 0 Å². The van der Waals surface area contributed by atoms with E-state index in [4.69, 9.17) is 4.74 Å². The minimum absolute atomic E-state index is 0.258. The van der Waals surface area contributed by atoms with Gasteiger partial charge in [-0.3, -0.25) is 4.79 Å². The second kappa shape index (κ2) is 6.13. The Kier molecular flexibility index (Phi) is 4.05. The Labute approximate surface area is 125 Å². The van der Waals surface area contributed by atoms with Crippen molar-refractivity contribution in [1.29, 1.82) is 0 Å². The Hall–Kier alpha value is -2.09. The maximum atomic E-state index is 11.1. The first-order valence-electron chi connectivity index (χ1n) is 7.57. The molecular weight excluding hydrogens is 260 g/mol. The summed E-state index contributed by atoms with van der Waals surface area (Å²) in [5, 5.41) is 0. The maximum Gasteiger partial charge on any atom is 0.308 e. The van der Waals surface area contributed by atoms with E-state index >= 15 is 0 Å². The van der Waals surface area contributed by atoms with Crippen LogP contribution >= 0.6 is 0 Å². The van der Waals surface area contributed by atoms with Crippen LogP contribution in [0.2, 0.25) is 0 Å². The first-order chi connectivity index (χ1) is 10.2. The molecule has 0 saturated carbocycles. The first kappa shape index (κ1) is 13.9. The number of aryl methyl sites for hydroxylation is 1. The minimum Gasteiger partial charge on any atom is -0.427 e. The fourth-order valence-corrected chi connectivity index (χ4v) is 3.23. The van der Waals surface area contributed by atoms with Crippen LogP contribution < -0.4 is 4.74 Å². The molecule has 3 rings (SSSR count). The predicted octanol–water partition coefficient (Wildman–Crippen LogP) is 4.27. The molecule has 1 atom stereocenters. The van der Waals surface area contributed by atoms with Gasteiger partial charge in [0, 0.05) is 6.92 Å². The molecule has 1 aliphatic carbocycles. The van der Waals surface area contributed by atoms with Crippen molar-refractivity contribution in [3.8, 4) is 5.75 Å². The zero-order chi connectivity index (χ0) is 14.7. The molecule has 0 N–H and O–H groups in total. The van der Waals surface area contributed by atoms with Crippen molar-refractivity contribution in [1.82, 2.24) is 0 Å². The molecule has 21 heavy (non-hydrogen) atoms. The van der Waals surface area contributed by atoms with Gasteiger partial charge in [0.25, 0.3) is 0 Å². The predicted molar refractivity (Wildman–Crippen MR) is 83.6 cm³/mol. The zero-order valence-corrected chi connectivity index (χ0v) is 12.3. The quantitative estimate of drug-likeness (QED) is 0.620. The van der Waals surface area contributed by atoms with Crippen LogP contribution in [0.1, 0.15) is 42.4 Å². The Morgan fingerprint density at radius 1 is 1.19 bits per heavy atom. The molecule has 108 valence electrons. The van der Waals surface area contributed by atoms with Gasteiger partial charge < -0.3 is 4.74 Å². The summed E-state index contributed by atoms with van der Waals surface area (Å²) in [6.07, 6.45) is 4.60. The van der Waals surface area contributed by atoms with Crippen LogP contribution in [0, 0.1) is 0 Å². The Bertz CT molecular complexity index is 631. The highest BCUT2D eigenvalue weighted by Crippen LogP contribution is 2.35. The maximum absolute atomic E-state index is 11.1. The van der Waals surface area contributed by atoms with E-state index in [-0.39, 0.29) is 5.97 Å². The molecule has 0 aromatic heterocycles. The second-order valence-corrected chi connectivity index (χ2v) is 5.73. The molecule has 2 heteroatoms. The van der Waals surface area contributed by atoms with E-state index in [1.165, 1.54) is 36.5 Å². The molecule has 0 heterocycles. The van der Waals surface area contributed by atoms with Crippen LogP contribution in [0.5, 0.6) is 5.75 Å².